The predicted molar refractivity (Wildman–Crippen MR) is 75.3 cm³/mol. The largest absolute Gasteiger partial charge is 0.506 e. The average Bonchev–Trinajstić information content (AvgIpc) is 2.97. The number of anilines is 1. The van der Waals surface area contributed by atoms with Crippen LogP contribution in [0.15, 0.2) is 18.5 Å². The van der Waals surface area contributed by atoms with Crippen molar-refractivity contribution >= 4 is 5.95 Å². The molecule has 106 valence electrons. The molecule has 7 heteroatoms. The summed E-state index contributed by atoms with van der Waals surface area (Å²) in [5, 5.41) is 16.6. The zero-order valence-electron chi connectivity index (χ0n) is 11.2. The van der Waals surface area contributed by atoms with Crippen molar-refractivity contribution in [2.24, 2.45) is 11.7 Å². The van der Waals surface area contributed by atoms with Gasteiger partial charge in [-0.25, -0.2) is 0 Å². The average molecular weight is 274 g/mol. The van der Waals surface area contributed by atoms with Crippen molar-refractivity contribution in [1.82, 2.24) is 20.2 Å². The van der Waals surface area contributed by atoms with Gasteiger partial charge in [0.1, 0.15) is 5.75 Å². The number of piperidine rings is 1. The minimum atomic E-state index is 0.113. The van der Waals surface area contributed by atoms with E-state index in [4.69, 9.17) is 5.73 Å². The van der Waals surface area contributed by atoms with Crippen LogP contribution in [0, 0.1) is 5.92 Å². The van der Waals surface area contributed by atoms with E-state index in [9.17, 15) is 5.11 Å². The minimum absolute atomic E-state index is 0.113. The van der Waals surface area contributed by atoms with Gasteiger partial charge in [0.25, 0.3) is 0 Å². The molecular weight excluding hydrogens is 256 g/mol. The molecule has 7 nitrogen and oxygen atoms in total. The van der Waals surface area contributed by atoms with E-state index in [0.29, 0.717) is 24.2 Å². The third-order valence-electron chi connectivity index (χ3n) is 3.61. The molecule has 0 radical (unpaired) electrons. The summed E-state index contributed by atoms with van der Waals surface area (Å²) in [5.74, 6) is 1.91. The third-order valence-corrected chi connectivity index (χ3v) is 3.61. The molecule has 0 bridgehead atoms. The molecular formula is C13H18N6O. The first-order valence-electron chi connectivity index (χ1n) is 6.78. The molecule has 0 saturated carbocycles. The number of nitrogens with zero attached hydrogens (tertiary/aromatic N) is 4. The summed E-state index contributed by atoms with van der Waals surface area (Å²) in [4.78, 5) is 10.6. The smallest absolute Gasteiger partial charge is 0.245 e. The third kappa shape index (κ3) is 2.57. The molecule has 0 amide bonds. The van der Waals surface area contributed by atoms with Gasteiger partial charge in [0, 0.05) is 24.8 Å². The van der Waals surface area contributed by atoms with Gasteiger partial charge in [0.05, 0.1) is 6.20 Å². The first-order chi connectivity index (χ1) is 9.76. The van der Waals surface area contributed by atoms with Gasteiger partial charge >= 0.3 is 0 Å². The second kappa shape index (κ2) is 5.46. The Morgan fingerprint density at radius 3 is 3.15 bits per heavy atom. The van der Waals surface area contributed by atoms with Gasteiger partial charge in [0.15, 0.2) is 5.82 Å². The number of hydrogen-bond acceptors (Lipinski definition) is 6. The van der Waals surface area contributed by atoms with Crippen LogP contribution >= 0.6 is 0 Å². The Bertz CT molecular complexity index is 584. The summed E-state index contributed by atoms with van der Waals surface area (Å²) in [6, 6.07) is 1.61. The van der Waals surface area contributed by atoms with E-state index < -0.39 is 0 Å². The van der Waals surface area contributed by atoms with Gasteiger partial charge in [-0.15, -0.1) is 5.10 Å². The number of hydrogen-bond donors (Lipinski definition) is 3. The van der Waals surface area contributed by atoms with Gasteiger partial charge in [-0.2, -0.15) is 4.98 Å². The molecule has 4 N–H and O–H groups in total. The molecule has 0 aromatic carbocycles. The number of aromatic amines is 1. The fraction of sp³-hybridized carbons (Fsp3) is 0.462. The summed E-state index contributed by atoms with van der Waals surface area (Å²) in [6.45, 7) is 2.54. The molecule has 1 unspecified atom stereocenters. The van der Waals surface area contributed by atoms with Crippen molar-refractivity contribution in [3.8, 4) is 17.1 Å². The Morgan fingerprint density at radius 1 is 1.45 bits per heavy atom. The van der Waals surface area contributed by atoms with E-state index in [-0.39, 0.29) is 5.75 Å². The van der Waals surface area contributed by atoms with E-state index in [0.717, 1.165) is 25.1 Å². The lowest BCUT2D eigenvalue weighted by molar-refractivity contribution is 0.420. The van der Waals surface area contributed by atoms with E-state index >= 15 is 0 Å². The molecule has 0 spiro atoms. The number of pyridine rings is 1. The lowest BCUT2D eigenvalue weighted by atomic mass is 9.99. The van der Waals surface area contributed by atoms with Gasteiger partial charge < -0.3 is 15.7 Å². The molecule has 3 heterocycles. The highest BCUT2D eigenvalue weighted by Gasteiger charge is 2.22. The van der Waals surface area contributed by atoms with Crippen molar-refractivity contribution in [3.63, 3.8) is 0 Å². The first kappa shape index (κ1) is 12.9. The van der Waals surface area contributed by atoms with E-state index in [1.54, 1.807) is 12.3 Å². The predicted octanol–water partition coefficient (Wildman–Crippen LogP) is 0.747. The fourth-order valence-corrected chi connectivity index (χ4v) is 2.52. The second-order valence-corrected chi connectivity index (χ2v) is 5.11. The Balaban J connectivity index is 1.80. The van der Waals surface area contributed by atoms with Crippen LogP contribution in [0.2, 0.25) is 0 Å². The Morgan fingerprint density at radius 2 is 2.35 bits per heavy atom. The molecule has 20 heavy (non-hydrogen) atoms. The van der Waals surface area contributed by atoms with Crippen molar-refractivity contribution in [3.05, 3.63) is 18.5 Å². The lowest BCUT2D eigenvalue weighted by Gasteiger charge is -2.31. The number of aromatic nitrogens is 4. The van der Waals surface area contributed by atoms with E-state index in [1.165, 1.54) is 12.6 Å². The maximum absolute atomic E-state index is 9.45. The van der Waals surface area contributed by atoms with E-state index in [1.807, 2.05) is 0 Å². The van der Waals surface area contributed by atoms with Crippen LogP contribution in [0.25, 0.3) is 11.4 Å². The molecule has 1 saturated heterocycles. The molecule has 1 aliphatic heterocycles. The Hall–Kier alpha value is -2.15. The Kier molecular flexibility index (Phi) is 3.51. The summed E-state index contributed by atoms with van der Waals surface area (Å²) in [6.07, 6.45) is 5.31. The standard InChI is InChI=1S/C13H18N6O/c14-5-9-2-1-3-19(8-9)13-16-12(17-18-13)10-4-11(20)7-15-6-10/h4,6-7,9,20H,1-3,5,8,14H2,(H,16,17,18). The van der Waals surface area contributed by atoms with Gasteiger partial charge in [-0.3, -0.25) is 10.1 Å². The molecule has 1 aliphatic rings. The van der Waals surface area contributed by atoms with Crippen LogP contribution in [0.4, 0.5) is 5.95 Å². The number of rotatable bonds is 3. The quantitative estimate of drug-likeness (QED) is 0.763. The topological polar surface area (TPSA) is 104 Å². The first-order valence-corrected chi connectivity index (χ1v) is 6.78. The molecule has 2 aromatic heterocycles. The number of nitrogens with two attached hydrogens (primary N) is 1. The van der Waals surface area contributed by atoms with Crippen LogP contribution in [-0.4, -0.2) is 44.9 Å². The van der Waals surface area contributed by atoms with Crippen LogP contribution in [0.5, 0.6) is 5.75 Å². The highest BCUT2D eigenvalue weighted by atomic mass is 16.3. The molecule has 2 aromatic rings. The monoisotopic (exact) mass is 274 g/mol. The molecule has 1 fully saturated rings. The number of nitrogens with one attached hydrogen (secondary N) is 1. The van der Waals surface area contributed by atoms with Crippen molar-refractivity contribution in [1.29, 1.82) is 0 Å². The second-order valence-electron chi connectivity index (χ2n) is 5.11. The zero-order valence-corrected chi connectivity index (χ0v) is 11.2. The zero-order chi connectivity index (χ0) is 13.9. The summed E-state index contributed by atoms with van der Waals surface area (Å²) < 4.78 is 0. The summed E-state index contributed by atoms with van der Waals surface area (Å²) >= 11 is 0. The number of aromatic hydroxyl groups is 1. The van der Waals surface area contributed by atoms with Crippen molar-refractivity contribution in [2.75, 3.05) is 24.5 Å². The van der Waals surface area contributed by atoms with Crippen LogP contribution < -0.4 is 10.6 Å². The van der Waals surface area contributed by atoms with Crippen LogP contribution in [-0.2, 0) is 0 Å². The summed E-state index contributed by atoms with van der Waals surface area (Å²) in [5.41, 5.74) is 6.46. The minimum Gasteiger partial charge on any atom is -0.506 e. The van der Waals surface area contributed by atoms with Gasteiger partial charge in [-0.1, -0.05) is 0 Å². The van der Waals surface area contributed by atoms with Crippen LogP contribution in [0.3, 0.4) is 0 Å². The SMILES string of the molecule is NCC1CCCN(c2n[nH]c(-c3cncc(O)c3)n2)C1. The van der Waals surface area contributed by atoms with Crippen molar-refractivity contribution < 1.29 is 5.11 Å². The maximum Gasteiger partial charge on any atom is 0.245 e. The van der Waals surface area contributed by atoms with Crippen LogP contribution in [0.1, 0.15) is 12.8 Å². The fourth-order valence-electron chi connectivity index (χ4n) is 2.52. The highest BCUT2D eigenvalue weighted by Crippen LogP contribution is 2.23. The van der Waals surface area contributed by atoms with E-state index in [2.05, 4.69) is 25.1 Å². The Labute approximate surface area is 116 Å². The molecule has 3 rings (SSSR count). The number of H-pyrrole nitrogens is 1. The summed E-state index contributed by atoms with van der Waals surface area (Å²) in [7, 11) is 0. The molecule has 0 aliphatic carbocycles. The highest BCUT2D eigenvalue weighted by molar-refractivity contribution is 5.56. The van der Waals surface area contributed by atoms with Gasteiger partial charge in [0.2, 0.25) is 5.95 Å². The van der Waals surface area contributed by atoms with Crippen molar-refractivity contribution in [2.45, 2.75) is 12.8 Å². The van der Waals surface area contributed by atoms with Gasteiger partial charge in [-0.05, 0) is 31.4 Å². The lowest BCUT2D eigenvalue weighted by Crippen LogP contribution is -2.38. The molecule has 1 atom stereocenters. The maximum atomic E-state index is 9.45. The normalized spacial score (nSPS) is 19.2.